The van der Waals surface area contributed by atoms with E-state index in [9.17, 15) is 0 Å². The Kier molecular flexibility index (Phi) is 12.2. The van der Waals surface area contributed by atoms with Crippen LogP contribution in [0.25, 0.3) is 0 Å². The first-order chi connectivity index (χ1) is 6.08. The molecule has 0 rings (SSSR count). The Balaban J connectivity index is 0. The van der Waals surface area contributed by atoms with Crippen LogP contribution in [0.4, 0.5) is 4.79 Å². The lowest BCUT2D eigenvalue weighted by Gasteiger charge is -2.02. The van der Waals surface area contributed by atoms with Crippen LogP contribution in [0.5, 0.6) is 0 Å². The van der Waals surface area contributed by atoms with E-state index in [0.29, 0.717) is 13.2 Å². The van der Waals surface area contributed by atoms with Crippen molar-refractivity contribution in [3.63, 3.8) is 0 Å². The number of urea groups is 1. The second kappa shape index (κ2) is 10.9. The Bertz CT molecular complexity index is 145. The van der Waals surface area contributed by atoms with Crippen LogP contribution in [0.15, 0.2) is 11.6 Å². The fourth-order valence-corrected chi connectivity index (χ4v) is 0.579. The number of carbonyl (C=O) groups is 1. The van der Waals surface area contributed by atoms with Gasteiger partial charge in [0.05, 0.1) is 13.2 Å². The molecule has 0 radical (unpaired) electrons. The molecular formula is C8H18N2O3. The van der Waals surface area contributed by atoms with Crippen LogP contribution >= 0.6 is 0 Å². The van der Waals surface area contributed by atoms with Gasteiger partial charge in [-0.2, -0.15) is 0 Å². The fourth-order valence-electron chi connectivity index (χ4n) is 0.579. The third-order valence-corrected chi connectivity index (χ3v) is 1.07. The largest absolute Gasteiger partial charge is 0.380 e. The summed E-state index contributed by atoms with van der Waals surface area (Å²) in [4.78, 5) is 9.00. The average Bonchev–Trinajstić information content (AvgIpc) is 2.03. The van der Waals surface area contributed by atoms with Crippen LogP contribution in [-0.4, -0.2) is 33.5 Å². The van der Waals surface area contributed by atoms with E-state index in [1.807, 2.05) is 13.0 Å². The zero-order chi connectivity index (χ0) is 10.7. The zero-order valence-corrected chi connectivity index (χ0v) is 8.37. The SMILES string of the molecule is CC=C(COC)COC.NC(N)=O. The molecule has 2 amide bonds. The lowest BCUT2D eigenvalue weighted by Crippen LogP contribution is -2.18. The first kappa shape index (κ1) is 14.5. The molecule has 78 valence electrons. The highest BCUT2D eigenvalue weighted by molar-refractivity contribution is 5.69. The Morgan fingerprint density at radius 3 is 1.69 bits per heavy atom. The fraction of sp³-hybridized carbons (Fsp3) is 0.625. The van der Waals surface area contributed by atoms with Crippen LogP contribution < -0.4 is 11.5 Å². The van der Waals surface area contributed by atoms with Crippen molar-refractivity contribution in [1.82, 2.24) is 0 Å². The summed E-state index contributed by atoms with van der Waals surface area (Å²) in [5, 5.41) is 0. The molecule has 13 heavy (non-hydrogen) atoms. The van der Waals surface area contributed by atoms with Gasteiger partial charge in [-0.3, -0.25) is 0 Å². The maximum atomic E-state index is 9.00. The molecule has 0 heterocycles. The molecule has 5 heteroatoms. The van der Waals surface area contributed by atoms with Crippen molar-refractivity contribution in [1.29, 1.82) is 0 Å². The quantitative estimate of drug-likeness (QED) is 0.623. The summed E-state index contributed by atoms with van der Waals surface area (Å²) in [5.74, 6) is 0. The van der Waals surface area contributed by atoms with Gasteiger partial charge in [0.25, 0.3) is 0 Å². The number of carbonyl (C=O) groups excluding carboxylic acids is 1. The van der Waals surface area contributed by atoms with Gasteiger partial charge >= 0.3 is 6.03 Å². The lowest BCUT2D eigenvalue weighted by molar-refractivity contribution is 0.181. The zero-order valence-electron chi connectivity index (χ0n) is 8.37. The number of methoxy groups -OCH3 is 2. The molecule has 0 aromatic carbocycles. The Hall–Kier alpha value is -1.07. The van der Waals surface area contributed by atoms with E-state index in [1.165, 1.54) is 5.57 Å². The van der Waals surface area contributed by atoms with Crippen molar-refractivity contribution in [3.8, 4) is 0 Å². The minimum Gasteiger partial charge on any atom is -0.380 e. The topological polar surface area (TPSA) is 87.6 Å². The summed E-state index contributed by atoms with van der Waals surface area (Å²) < 4.78 is 9.80. The summed E-state index contributed by atoms with van der Waals surface area (Å²) in [5.41, 5.74) is 9.68. The number of hydrogen-bond acceptors (Lipinski definition) is 3. The van der Waals surface area contributed by atoms with E-state index >= 15 is 0 Å². The van der Waals surface area contributed by atoms with Gasteiger partial charge in [-0.15, -0.1) is 0 Å². The van der Waals surface area contributed by atoms with Crippen LogP contribution in [0.3, 0.4) is 0 Å². The average molecular weight is 190 g/mol. The number of ether oxygens (including phenoxy) is 2. The van der Waals surface area contributed by atoms with Crippen molar-refractivity contribution in [2.45, 2.75) is 6.92 Å². The van der Waals surface area contributed by atoms with E-state index in [-0.39, 0.29) is 0 Å². The number of rotatable bonds is 4. The maximum Gasteiger partial charge on any atom is 0.309 e. The standard InChI is InChI=1S/C7H14O2.CH4N2O/c1-4-7(5-8-2)6-9-3;2-1(3)4/h4H,5-6H2,1-3H3;(H4,2,3,4). The summed E-state index contributed by atoms with van der Waals surface area (Å²) in [7, 11) is 3.36. The number of allylic oxidation sites excluding steroid dienone is 1. The van der Waals surface area contributed by atoms with Gasteiger partial charge < -0.3 is 20.9 Å². The summed E-state index contributed by atoms with van der Waals surface area (Å²) >= 11 is 0. The molecular weight excluding hydrogens is 172 g/mol. The highest BCUT2D eigenvalue weighted by Gasteiger charge is 1.91. The second-order valence-electron chi connectivity index (χ2n) is 2.22. The van der Waals surface area contributed by atoms with Crippen molar-refractivity contribution < 1.29 is 14.3 Å². The minimum atomic E-state index is -0.833. The van der Waals surface area contributed by atoms with Crippen LogP contribution in [0.2, 0.25) is 0 Å². The van der Waals surface area contributed by atoms with Gasteiger partial charge in [0.2, 0.25) is 0 Å². The monoisotopic (exact) mass is 190 g/mol. The first-order valence-electron chi connectivity index (χ1n) is 3.75. The number of nitrogens with two attached hydrogens (primary N) is 2. The van der Waals surface area contributed by atoms with Crippen molar-refractivity contribution in [3.05, 3.63) is 11.6 Å². The Morgan fingerprint density at radius 1 is 1.23 bits per heavy atom. The van der Waals surface area contributed by atoms with Gasteiger partial charge in [0, 0.05) is 14.2 Å². The molecule has 0 saturated heterocycles. The molecule has 0 aromatic rings. The van der Waals surface area contributed by atoms with E-state index < -0.39 is 6.03 Å². The van der Waals surface area contributed by atoms with E-state index in [2.05, 4.69) is 11.5 Å². The first-order valence-corrected chi connectivity index (χ1v) is 3.75. The normalized spacial score (nSPS) is 8.23. The molecule has 0 unspecified atom stereocenters. The Morgan fingerprint density at radius 2 is 1.54 bits per heavy atom. The van der Waals surface area contributed by atoms with E-state index in [0.717, 1.165) is 0 Å². The van der Waals surface area contributed by atoms with Gasteiger partial charge in [-0.1, -0.05) is 6.08 Å². The molecule has 0 aliphatic carbocycles. The third kappa shape index (κ3) is 18.1. The summed E-state index contributed by atoms with van der Waals surface area (Å²) in [6, 6.07) is -0.833. The van der Waals surface area contributed by atoms with E-state index in [4.69, 9.17) is 14.3 Å². The Labute approximate surface area is 78.7 Å². The molecule has 0 aromatic heterocycles. The van der Waals surface area contributed by atoms with Gasteiger partial charge in [0.1, 0.15) is 0 Å². The molecule has 0 aliphatic heterocycles. The van der Waals surface area contributed by atoms with Crippen LogP contribution in [0.1, 0.15) is 6.92 Å². The lowest BCUT2D eigenvalue weighted by atomic mass is 10.3. The van der Waals surface area contributed by atoms with Gasteiger partial charge in [0.15, 0.2) is 0 Å². The highest BCUT2D eigenvalue weighted by atomic mass is 16.5. The highest BCUT2D eigenvalue weighted by Crippen LogP contribution is 1.93. The molecule has 0 spiro atoms. The van der Waals surface area contributed by atoms with Gasteiger partial charge in [-0.25, -0.2) is 4.79 Å². The summed E-state index contributed by atoms with van der Waals surface area (Å²) in [6.45, 7) is 3.32. The number of hydrogen-bond donors (Lipinski definition) is 2. The molecule has 4 N–H and O–H groups in total. The smallest absolute Gasteiger partial charge is 0.309 e. The molecule has 5 nitrogen and oxygen atoms in total. The number of amides is 2. The molecule has 0 saturated carbocycles. The maximum absolute atomic E-state index is 9.00. The van der Waals surface area contributed by atoms with Crippen LogP contribution in [-0.2, 0) is 9.47 Å². The van der Waals surface area contributed by atoms with Gasteiger partial charge in [-0.05, 0) is 12.5 Å². The van der Waals surface area contributed by atoms with Crippen molar-refractivity contribution in [2.24, 2.45) is 11.5 Å². The van der Waals surface area contributed by atoms with Crippen LogP contribution in [0, 0.1) is 0 Å². The predicted octanol–water partition coefficient (Wildman–Crippen LogP) is 0.249. The summed E-state index contributed by atoms with van der Waals surface area (Å²) in [6.07, 6.45) is 2.01. The third-order valence-electron chi connectivity index (χ3n) is 1.07. The van der Waals surface area contributed by atoms with E-state index in [1.54, 1.807) is 14.2 Å². The predicted molar refractivity (Wildman–Crippen MR) is 51.3 cm³/mol. The molecule has 0 fully saturated rings. The van der Waals surface area contributed by atoms with Crippen molar-refractivity contribution >= 4 is 6.03 Å². The van der Waals surface area contributed by atoms with Crippen molar-refractivity contribution in [2.75, 3.05) is 27.4 Å². The second-order valence-corrected chi connectivity index (χ2v) is 2.22. The molecule has 0 aliphatic rings. The number of primary amides is 2. The molecule has 0 atom stereocenters. The minimum absolute atomic E-state index is 0.671. The molecule has 0 bridgehead atoms.